The van der Waals surface area contributed by atoms with Gasteiger partial charge in [0, 0.05) is 37.2 Å². The molecule has 7 heteroatoms. The molecular weight excluding hydrogens is 455 g/mol. The summed E-state index contributed by atoms with van der Waals surface area (Å²) in [7, 11) is 1.77. The van der Waals surface area contributed by atoms with Crippen LogP contribution < -0.4 is 15.4 Å². The second-order valence-corrected chi connectivity index (χ2v) is 6.49. The van der Waals surface area contributed by atoms with Crippen molar-refractivity contribution in [3.8, 4) is 5.75 Å². The third-order valence-electron chi connectivity index (χ3n) is 4.35. The predicted molar refractivity (Wildman–Crippen MR) is 120 cm³/mol. The van der Waals surface area contributed by atoms with Crippen molar-refractivity contribution in [3.63, 3.8) is 0 Å². The SMILES string of the molecule is CCOc1cc(C)ccc1CNC(=NC)NCC(C)c1c(C)noc1C.I. The fourth-order valence-electron chi connectivity index (χ4n) is 3.04. The molecule has 0 saturated carbocycles. The van der Waals surface area contributed by atoms with E-state index in [0.717, 1.165) is 40.8 Å². The number of aromatic nitrogens is 1. The number of hydrogen-bond acceptors (Lipinski definition) is 4. The Morgan fingerprint density at radius 1 is 1.26 bits per heavy atom. The van der Waals surface area contributed by atoms with E-state index in [-0.39, 0.29) is 29.9 Å². The molecule has 0 aliphatic heterocycles. The van der Waals surface area contributed by atoms with Crippen molar-refractivity contribution < 1.29 is 9.26 Å². The van der Waals surface area contributed by atoms with Crippen LogP contribution in [0.1, 0.15) is 47.9 Å². The summed E-state index contributed by atoms with van der Waals surface area (Å²) in [6, 6.07) is 6.25. The van der Waals surface area contributed by atoms with Crippen LogP contribution in [0.4, 0.5) is 0 Å². The maximum atomic E-state index is 5.74. The van der Waals surface area contributed by atoms with E-state index in [9.17, 15) is 0 Å². The first-order valence-corrected chi connectivity index (χ1v) is 9.05. The van der Waals surface area contributed by atoms with E-state index in [1.165, 1.54) is 5.56 Å². The smallest absolute Gasteiger partial charge is 0.191 e. The maximum Gasteiger partial charge on any atom is 0.191 e. The molecule has 0 aliphatic rings. The van der Waals surface area contributed by atoms with Crippen LogP contribution in [0.15, 0.2) is 27.7 Å². The summed E-state index contributed by atoms with van der Waals surface area (Å²) < 4.78 is 11.0. The van der Waals surface area contributed by atoms with Crippen LogP contribution in [0.2, 0.25) is 0 Å². The molecule has 0 radical (unpaired) electrons. The van der Waals surface area contributed by atoms with Gasteiger partial charge in [0.25, 0.3) is 0 Å². The van der Waals surface area contributed by atoms with E-state index in [4.69, 9.17) is 9.26 Å². The molecule has 1 atom stereocenters. The van der Waals surface area contributed by atoms with E-state index in [1.54, 1.807) is 7.05 Å². The number of guanidine groups is 1. The minimum atomic E-state index is 0. The molecule has 6 nitrogen and oxygen atoms in total. The highest BCUT2D eigenvalue weighted by atomic mass is 127. The Bertz CT molecular complexity index is 739. The lowest BCUT2D eigenvalue weighted by Gasteiger charge is -2.17. The molecule has 0 fully saturated rings. The predicted octanol–water partition coefficient (Wildman–Crippen LogP) is 4.09. The minimum absolute atomic E-state index is 0. The van der Waals surface area contributed by atoms with Gasteiger partial charge in [0.1, 0.15) is 11.5 Å². The molecule has 150 valence electrons. The van der Waals surface area contributed by atoms with Gasteiger partial charge in [-0.3, -0.25) is 4.99 Å². The lowest BCUT2D eigenvalue weighted by Crippen LogP contribution is -2.38. The standard InChI is InChI=1S/C20H30N4O2.HI/c1-7-25-18-10-13(2)8-9-17(18)12-23-20(21-6)22-11-14(3)19-15(4)24-26-16(19)5;/h8-10,14H,7,11-12H2,1-6H3,(H2,21,22,23);1H. The highest BCUT2D eigenvalue weighted by molar-refractivity contribution is 14.0. The van der Waals surface area contributed by atoms with Crippen LogP contribution in [0.25, 0.3) is 0 Å². The topological polar surface area (TPSA) is 71.7 Å². The molecule has 0 spiro atoms. The van der Waals surface area contributed by atoms with Gasteiger partial charge >= 0.3 is 0 Å². The van der Waals surface area contributed by atoms with Crippen molar-refractivity contribution in [2.75, 3.05) is 20.2 Å². The molecule has 2 N–H and O–H groups in total. The van der Waals surface area contributed by atoms with Gasteiger partial charge in [-0.15, -0.1) is 24.0 Å². The van der Waals surface area contributed by atoms with Crippen LogP contribution in [-0.2, 0) is 6.54 Å². The summed E-state index contributed by atoms with van der Waals surface area (Å²) in [5, 5.41) is 10.8. The third-order valence-corrected chi connectivity index (χ3v) is 4.35. The largest absolute Gasteiger partial charge is 0.494 e. The molecular formula is C20H31IN4O2. The molecule has 0 bridgehead atoms. The second-order valence-electron chi connectivity index (χ2n) is 6.49. The van der Waals surface area contributed by atoms with Crippen LogP contribution >= 0.6 is 24.0 Å². The molecule has 2 rings (SSSR count). The van der Waals surface area contributed by atoms with Crippen LogP contribution in [0.5, 0.6) is 5.75 Å². The number of halogens is 1. The lowest BCUT2D eigenvalue weighted by molar-refractivity contribution is 0.336. The Morgan fingerprint density at radius 2 is 2.00 bits per heavy atom. The Morgan fingerprint density at radius 3 is 2.59 bits per heavy atom. The summed E-state index contributed by atoms with van der Waals surface area (Å²) in [6.07, 6.45) is 0. The van der Waals surface area contributed by atoms with Crippen molar-refractivity contribution in [2.45, 2.75) is 47.1 Å². The first-order valence-electron chi connectivity index (χ1n) is 9.05. The van der Waals surface area contributed by atoms with Crippen molar-refractivity contribution in [1.82, 2.24) is 15.8 Å². The molecule has 1 heterocycles. The fraction of sp³-hybridized carbons (Fsp3) is 0.500. The lowest BCUT2D eigenvalue weighted by atomic mass is 10.00. The van der Waals surface area contributed by atoms with Crippen molar-refractivity contribution in [2.24, 2.45) is 4.99 Å². The highest BCUT2D eigenvalue weighted by Crippen LogP contribution is 2.22. The van der Waals surface area contributed by atoms with E-state index in [1.807, 2.05) is 20.8 Å². The first kappa shape index (κ1) is 23.3. The number of nitrogens with one attached hydrogen (secondary N) is 2. The number of aryl methyl sites for hydroxylation is 3. The van der Waals surface area contributed by atoms with Gasteiger partial charge in [-0.05, 0) is 39.3 Å². The monoisotopic (exact) mass is 486 g/mol. The van der Waals surface area contributed by atoms with E-state index in [2.05, 4.69) is 52.8 Å². The van der Waals surface area contributed by atoms with Gasteiger partial charge in [-0.25, -0.2) is 0 Å². The molecule has 27 heavy (non-hydrogen) atoms. The number of benzene rings is 1. The quantitative estimate of drug-likeness (QED) is 0.351. The number of rotatable bonds is 7. The Kier molecular flexibility index (Phi) is 9.62. The fourth-order valence-corrected chi connectivity index (χ4v) is 3.04. The van der Waals surface area contributed by atoms with Crippen molar-refractivity contribution in [3.05, 3.63) is 46.3 Å². The summed E-state index contributed by atoms with van der Waals surface area (Å²) in [4.78, 5) is 4.31. The van der Waals surface area contributed by atoms with Crippen LogP contribution in [0, 0.1) is 20.8 Å². The van der Waals surface area contributed by atoms with Crippen molar-refractivity contribution >= 4 is 29.9 Å². The number of aliphatic imine (C=N–C) groups is 1. The zero-order valence-corrected chi connectivity index (χ0v) is 19.4. The third kappa shape index (κ3) is 6.41. The Balaban J connectivity index is 0.00000364. The van der Waals surface area contributed by atoms with E-state index < -0.39 is 0 Å². The average Bonchev–Trinajstić information content (AvgIpc) is 2.95. The average molecular weight is 486 g/mol. The summed E-state index contributed by atoms with van der Waals surface area (Å²) in [6.45, 7) is 12.2. The van der Waals surface area contributed by atoms with Gasteiger partial charge in [0.05, 0.1) is 12.3 Å². The second kappa shape index (κ2) is 11.2. The molecule has 1 aromatic heterocycles. The Labute approximate surface area is 179 Å². The first-order chi connectivity index (χ1) is 12.5. The Hall–Kier alpha value is -1.77. The summed E-state index contributed by atoms with van der Waals surface area (Å²) in [5.74, 6) is 2.82. The molecule has 0 saturated heterocycles. The zero-order chi connectivity index (χ0) is 19.1. The van der Waals surface area contributed by atoms with Gasteiger partial charge < -0.3 is 19.9 Å². The van der Waals surface area contributed by atoms with Gasteiger partial charge in [-0.1, -0.05) is 24.2 Å². The summed E-state index contributed by atoms with van der Waals surface area (Å²) in [5.41, 5.74) is 4.40. The normalized spacial score (nSPS) is 12.3. The minimum Gasteiger partial charge on any atom is -0.494 e. The molecule has 1 aromatic carbocycles. The van der Waals surface area contributed by atoms with Gasteiger partial charge in [0.2, 0.25) is 0 Å². The number of ether oxygens (including phenoxy) is 1. The van der Waals surface area contributed by atoms with Crippen LogP contribution in [0.3, 0.4) is 0 Å². The van der Waals surface area contributed by atoms with E-state index >= 15 is 0 Å². The molecule has 0 aliphatic carbocycles. The zero-order valence-electron chi connectivity index (χ0n) is 17.0. The van der Waals surface area contributed by atoms with E-state index in [0.29, 0.717) is 13.2 Å². The van der Waals surface area contributed by atoms with Crippen LogP contribution in [-0.4, -0.2) is 31.3 Å². The van der Waals surface area contributed by atoms with Gasteiger partial charge in [-0.2, -0.15) is 0 Å². The molecule has 1 unspecified atom stereocenters. The molecule has 2 aromatic rings. The van der Waals surface area contributed by atoms with Crippen molar-refractivity contribution in [1.29, 1.82) is 0 Å². The maximum absolute atomic E-state index is 5.74. The number of nitrogens with zero attached hydrogens (tertiary/aromatic N) is 2. The number of hydrogen-bond donors (Lipinski definition) is 2. The van der Waals surface area contributed by atoms with Gasteiger partial charge in [0.15, 0.2) is 5.96 Å². The highest BCUT2D eigenvalue weighted by Gasteiger charge is 2.16. The molecule has 0 amide bonds. The summed E-state index contributed by atoms with van der Waals surface area (Å²) >= 11 is 0.